The van der Waals surface area contributed by atoms with Crippen LogP contribution in [0.5, 0.6) is 0 Å². The van der Waals surface area contributed by atoms with Gasteiger partial charge in [-0.2, -0.15) is 0 Å². The van der Waals surface area contributed by atoms with Crippen molar-refractivity contribution >= 4 is 11.7 Å². The summed E-state index contributed by atoms with van der Waals surface area (Å²) in [6.45, 7) is 16.4. The lowest BCUT2D eigenvalue weighted by Crippen LogP contribution is -2.11. The van der Waals surface area contributed by atoms with Gasteiger partial charge in [0, 0.05) is 29.2 Å². The number of allylic oxidation sites excluding steroid dienone is 1. The van der Waals surface area contributed by atoms with E-state index in [2.05, 4.69) is 53.9 Å². The van der Waals surface area contributed by atoms with E-state index in [9.17, 15) is 4.79 Å². The molecule has 0 aliphatic carbocycles. The van der Waals surface area contributed by atoms with E-state index in [-0.39, 0.29) is 0 Å². The smallest absolute Gasteiger partial charge is 0.248 e. The van der Waals surface area contributed by atoms with Crippen molar-refractivity contribution in [3.8, 4) is 11.3 Å². The van der Waals surface area contributed by atoms with Gasteiger partial charge in [0.1, 0.15) is 5.69 Å². The lowest BCUT2D eigenvalue weighted by molar-refractivity contribution is 0.100. The predicted octanol–water partition coefficient (Wildman–Crippen LogP) is 6.47. The lowest BCUT2D eigenvalue weighted by atomic mass is 10.0. The first-order valence-corrected chi connectivity index (χ1v) is 11.2. The van der Waals surface area contributed by atoms with Crippen molar-refractivity contribution in [2.24, 2.45) is 5.73 Å². The SMILES string of the molecule is C=C(CCc1cc(C)cc(C)c1)Nc1nccnc1-c1cccc(C(N)=O)c1.CC.CC. The van der Waals surface area contributed by atoms with Crippen LogP contribution in [-0.4, -0.2) is 15.9 Å². The zero-order valence-corrected chi connectivity index (χ0v) is 20.2. The number of primary amides is 1. The normalized spacial score (nSPS) is 9.56. The zero-order chi connectivity index (χ0) is 24.1. The standard InChI is InChI=1S/C23H24N4O.2C2H6/c1-15-11-16(2)13-18(12-15)8-7-17(3)27-23-21(25-9-10-26-23)19-5-4-6-20(14-19)22(24)28;2*1-2/h4-6,9-14H,3,7-8H2,1-2H3,(H2,24,28)(H,26,27);2*1-2H3. The third-order valence-corrected chi connectivity index (χ3v) is 4.41. The molecule has 0 saturated heterocycles. The summed E-state index contributed by atoms with van der Waals surface area (Å²) in [7, 11) is 0. The summed E-state index contributed by atoms with van der Waals surface area (Å²) in [5, 5.41) is 3.27. The maximum Gasteiger partial charge on any atom is 0.248 e. The van der Waals surface area contributed by atoms with E-state index in [1.54, 1.807) is 30.6 Å². The third kappa shape index (κ3) is 7.99. The fraction of sp³-hybridized carbons (Fsp3) is 0.296. The Kier molecular flexibility index (Phi) is 11.4. The Balaban J connectivity index is 0.00000121. The second-order valence-corrected chi connectivity index (χ2v) is 6.92. The number of hydrogen-bond acceptors (Lipinski definition) is 4. The van der Waals surface area contributed by atoms with Gasteiger partial charge in [-0.25, -0.2) is 4.98 Å². The van der Waals surface area contributed by atoms with Crippen molar-refractivity contribution in [3.05, 3.63) is 89.4 Å². The van der Waals surface area contributed by atoms with Crippen LogP contribution in [0.1, 0.15) is 61.2 Å². The summed E-state index contributed by atoms with van der Waals surface area (Å²) < 4.78 is 0. The number of nitrogens with zero attached hydrogens (tertiary/aromatic N) is 2. The molecule has 170 valence electrons. The van der Waals surface area contributed by atoms with E-state index in [1.807, 2.05) is 33.8 Å². The topological polar surface area (TPSA) is 80.9 Å². The minimum absolute atomic E-state index is 0.433. The van der Waals surface area contributed by atoms with Gasteiger partial charge < -0.3 is 11.1 Å². The molecule has 3 rings (SSSR count). The first-order chi connectivity index (χ1) is 15.4. The maximum absolute atomic E-state index is 11.5. The molecule has 0 saturated carbocycles. The fourth-order valence-electron chi connectivity index (χ4n) is 3.20. The highest BCUT2D eigenvalue weighted by Gasteiger charge is 2.11. The van der Waals surface area contributed by atoms with E-state index < -0.39 is 5.91 Å². The molecule has 1 amide bonds. The van der Waals surface area contributed by atoms with Crippen molar-refractivity contribution in [3.63, 3.8) is 0 Å². The Morgan fingerprint density at radius 1 is 0.969 bits per heavy atom. The number of anilines is 1. The summed E-state index contributed by atoms with van der Waals surface area (Å²) in [6, 6.07) is 13.6. The van der Waals surface area contributed by atoms with Gasteiger partial charge in [-0.3, -0.25) is 9.78 Å². The minimum Gasteiger partial charge on any atom is -0.366 e. The molecule has 0 radical (unpaired) electrons. The number of amides is 1. The number of aryl methyl sites for hydroxylation is 3. The highest BCUT2D eigenvalue weighted by Crippen LogP contribution is 2.26. The summed E-state index contributed by atoms with van der Waals surface area (Å²) in [4.78, 5) is 20.3. The van der Waals surface area contributed by atoms with Crippen LogP contribution in [0.4, 0.5) is 5.82 Å². The number of carbonyl (C=O) groups is 1. The molecule has 0 unspecified atom stereocenters. The number of rotatable bonds is 7. The first kappa shape index (κ1) is 26.6. The summed E-state index contributed by atoms with van der Waals surface area (Å²) in [5.41, 5.74) is 11.9. The first-order valence-electron chi connectivity index (χ1n) is 11.2. The van der Waals surface area contributed by atoms with E-state index in [0.29, 0.717) is 17.1 Å². The number of nitrogens with two attached hydrogens (primary N) is 1. The van der Waals surface area contributed by atoms with E-state index in [0.717, 1.165) is 24.1 Å². The Morgan fingerprint density at radius 3 is 2.22 bits per heavy atom. The molecular weight excluding hydrogens is 396 g/mol. The van der Waals surface area contributed by atoms with E-state index in [4.69, 9.17) is 5.73 Å². The van der Waals surface area contributed by atoms with E-state index >= 15 is 0 Å². The van der Waals surface area contributed by atoms with Gasteiger partial charge in [0.15, 0.2) is 5.82 Å². The summed E-state index contributed by atoms with van der Waals surface area (Å²) >= 11 is 0. The second kappa shape index (κ2) is 13.8. The zero-order valence-electron chi connectivity index (χ0n) is 20.2. The molecule has 0 fully saturated rings. The molecule has 0 aliphatic heterocycles. The van der Waals surface area contributed by atoms with Crippen LogP contribution in [0, 0.1) is 13.8 Å². The van der Waals surface area contributed by atoms with Crippen molar-refractivity contribution in [2.45, 2.75) is 54.4 Å². The van der Waals surface area contributed by atoms with Crippen molar-refractivity contribution in [2.75, 3.05) is 5.32 Å². The average Bonchev–Trinajstić information content (AvgIpc) is 2.80. The highest BCUT2D eigenvalue weighted by molar-refractivity contribution is 5.94. The molecule has 0 aliphatic rings. The quantitative estimate of drug-likeness (QED) is 0.448. The molecule has 0 atom stereocenters. The molecule has 3 aromatic rings. The van der Waals surface area contributed by atoms with Crippen LogP contribution in [0.15, 0.2) is 67.1 Å². The third-order valence-electron chi connectivity index (χ3n) is 4.41. The Labute approximate surface area is 192 Å². The van der Waals surface area contributed by atoms with Crippen molar-refractivity contribution in [1.82, 2.24) is 9.97 Å². The number of hydrogen-bond donors (Lipinski definition) is 2. The molecule has 1 aromatic heterocycles. The van der Waals surface area contributed by atoms with Gasteiger partial charge in [0.2, 0.25) is 5.91 Å². The van der Waals surface area contributed by atoms with Crippen LogP contribution in [-0.2, 0) is 6.42 Å². The molecule has 3 N–H and O–H groups in total. The second-order valence-electron chi connectivity index (χ2n) is 6.92. The molecule has 0 spiro atoms. The molecule has 0 bridgehead atoms. The van der Waals surface area contributed by atoms with Crippen molar-refractivity contribution < 1.29 is 4.79 Å². The van der Waals surface area contributed by atoms with Gasteiger partial charge in [-0.1, -0.05) is 75.7 Å². The fourth-order valence-corrected chi connectivity index (χ4v) is 3.20. The summed E-state index contributed by atoms with van der Waals surface area (Å²) in [5.74, 6) is 0.132. The van der Waals surface area contributed by atoms with Crippen LogP contribution in [0.2, 0.25) is 0 Å². The number of aromatic nitrogens is 2. The molecule has 32 heavy (non-hydrogen) atoms. The molecule has 2 aromatic carbocycles. The van der Waals surface area contributed by atoms with Crippen LogP contribution >= 0.6 is 0 Å². The molecule has 5 heteroatoms. The average molecular weight is 433 g/mol. The van der Waals surface area contributed by atoms with E-state index in [1.165, 1.54) is 16.7 Å². The number of benzene rings is 2. The van der Waals surface area contributed by atoms with Gasteiger partial charge in [0.05, 0.1) is 0 Å². The minimum atomic E-state index is -0.474. The number of nitrogens with one attached hydrogen (secondary N) is 1. The molecule has 1 heterocycles. The van der Waals surface area contributed by atoms with Gasteiger partial charge in [0.25, 0.3) is 0 Å². The van der Waals surface area contributed by atoms with Crippen LogP contribution < -0.4 is 11.1 Å². The summed E-state index contributed by atoms with van der Waals surface area (Å²) in [6.07, 6.45) is 4.91. The monoisotopic (exact) mass is 432 g/mol. The largest absolute Gasteiger partial charge is 0.366 e. The number of carbonyl (C=O) groups excluding carboxylic acids is 1. The Morgan fingerprint density at radius 2 is 1.59 bits per heavy atom. The highest BCUT2D eigenvalue weighted by atomic mass is 16.1. The maximum atomic E-state index is 11.5. The molecule has 5 nitrogen and oxygen atoms in total. The van der Waals surface area contributed by atoms with Crippen LogP contribution in [0.25, 0.3) is 11.3 Å². The van der Waals surface area contributed by atoms with Gasteiger partial charge in [-0.05, 0) is 44.4 Å². The Hall–Kier alpha value is -3.47. The van der Waals surface area contributed by atoms with Crippen molar-refractivity contribution in [1.29, 1.82) is 0 Å². The lowest BCUT2D eigenvalue weighted by Gasteiger charge is -2.13. The predicted molar refractivity (Wildman–Crippen MR) is 136 cm³/mol. The van der Waals surface area contributed by atoms with Gasteiger partial charge in [-0.15, -0.1) is 0 Å². The molecular formula is C27H36N4O. The Bertz CT molecular complexity index is 1010. The van der Waals surface area contributed by atoms with Crippen LogP contribution in [0.3, 0.4) is 0 Å². The van der Waals surface area contributed by atoms with Gasteiger partial charge >= 0.3 is 0 Å².